The Bertz CT molecular complexity index is 606. The maximum Gasteiger partial charge on any atom is 0.287 e. The second-order valence-electron chi connectivity index (χ2n) is 4.37. The van der Waals surface area contributed by atoms with Crippen LogP contribution >= 0.6 is 7.53 Å². The first-order valence-corrected chi connectivity index (χ1v) is 7.22. The minimum Gasteiger partial charge on any atom is -0.394 e. The number of fused-ring (bicyclic) bond motifs is 1. The molecular formula is C10H14N4O4P+. The van der Waals surface area contributed by atoms with E-state index in [0.29, 0.717) is 11.3 Å². The third-order valence-corrected chi connectivity index (χ3v) is 5.43. The number of aliphatic hydroxyl groups excluding tert-OH is 3. The summed E-state index contributed by atoms with van der Waals surface area (Å²) in [5.74, 6) is 1.35. The summed E-state index contributed by atoms with van der Waals surface area (Å²) < 4.78 is 5.52. The molecule has 1 aliphatic rings. The molecule has 6 N–H and O–H groups in total. The highest BCUT2D eigenvalue weighted by Crippen LogP contribution is 2.51. The Morgan fingerprint density at radius 2 is 2.16 bits per heavy atom. The Morgan fingerprint density at radius 1 is 1.37 bits per heavy atom. The number of aromatic amines is 1. The van der Waals surface area contributed by atoms with Crippen LogP contribution in [-0.2, 0) is 4.74 Å². The summed E-state index contributed by atoms with van der Waals surface area (Å²) in [5, 5.41) is 29.6. The Kier molecular flexibility index (Phi) is 3.12. The fourth-order valence-electron chi connectivity index (χ4n) is 2.22. The number of rotatable bonds is 2. The van der Waals surface area contributed by atoms with Crippen LogP contribution in [-0.4, -0.2) is 50.2 Å². The van der Waals surface area contributed by atoms with E-state index in [1.165, 1.54) is 6.33 Å². The molecule has 0 spiro atoms. The van der Waals surface area contributed by atoms with Gasteiger partial charge in [0.25, 0.3) is 12.1 Å². The number of nitrogens with zero attached hydrogens (tertiary/aromatic N) is 2. The predicted molar refractivity (Wildman–Crippen MR) is 66.2 cm³/mol. The van der Waals surface area contributed by atoms with E-state index in [1.54, 1.807) is 5.93 Å². The van der Waals surface area contributed by atoms with E-state index >= 15 is 0 Å². The zero-order valence-corrected chi connectivity index (χ0v) is 10.7. The molecule has 1 saturated heterocycles. The van der Waals surface area contributed by atoms with Crippen molar-refractivity contribution in [2.45, 2.75) is 24.2 Å². The molecule has 0 aliphatic carbocycles. The van der Waals surface area contributed by atoms with Crippen LogP contribution in [0.15, 0.2) is 12.3 Å². The summed E-state index contributed by atoms with van der Waals surface area (Å²) in [5.41, 5.74) is 6.27. The van der Waals surface area contributed by atoms with Crippen LogP contribution in [0.1, 0.15) is 5.85 Å². The van der Waals surface area contributed by atoms with Gasteiger partial charge in [0.05, 0.1) is 12.5 Å². The second-order valence-corrected chi connectivity index (χ2v) is 6.37. The van der Waals surface area contributed by atoms with Crippen LogP contribution in [0.3, 0.4) is 0 Å². The van der Waals surface area contributed by atoms with Crippen molar-refractivity contribution >= 4 is 24.1 Å². The Labute approximate surface area is 108 Å². The molecule has 102 valence electrons. The normalized spacial score (nSPS) is 32.1. The topological polar surface area (TPSA) is 136 Å². The molecule has 2 aromatic heterocycles. The molecule has 2 aromatic rings. The van der Waals surface area contributed by atoms with E-state index in [0.717, 1.165) is 5.25 Å². The van der Waals surface area contributed by atoms with Crippen LogP contribution in [0.5, 0.6) is 0 Å². The third-order valence-electron chi connectivity index (χ3n) is 3.23. The number of aromatic nitrogens is 3. The number of anilines is 1. The average Bonchev–Trinajstić information content (AvgIpc) is 2.94. The maximum absolute atomic E-state index is 10.0. The van der Waals surface area contributed by atoms with Crippen LogP contribution in [0.2, 0.25) is 0 Å². The highest BCUT2D eigenvalue weighted by atomic mass is 31.1. The molecule has 5 atom stereocenters. The molecule has 0 radical (unpaired) electrons. The molecule has 0 bridgehead atoms. The van der Waals surface area contributed by atoms with Gasteiger partial charge in [0.2, 0.25) is 0 Å². The van der Waals surface area contributed by atoms with Gasteiger partial charge in [0.1, 0.15) is 24.2 Å². The van der Waals surface area contributed by atoms with Gasteiger partial charge in [-0.3, -0.25) is 0 Å². The Balaban J connectivity index is 2.04. The van der Waals surface area contributed by atoms with Gasteiger partial charge in [-0.15, -0.1) is 0 Å². The molecule has 1 aliphatic heterocycles. The van der Waals surface area contributed by atoms with Crippen LogP contribution in [0, 0.1) is 0 Å². The third kappa shape index (κ3) is 1.89. The van der Waals surface area contributed by atoms with Gasteiger partial charge in [-0.25, -0.2) is 9.97 Å². The standard InChI is InChI=1S/C10H13N4O4P/c11-8-5-9(13-2-12-8)19(3-14-5)10-7(17)6(16)4(1-15)18-10/h2-4,6-7,10,15-17H,1H2,(H2,11,12,13)/p+1/t4-,6-,7-,10+,19?/m1/s1. The van der Waals surface area contributed by atoms with E-state index in [4.69, 9.17) is 15.6 Å². The molecular weight excluding hydrogens is 271 g/mol. The molecule has 0 aromatic carbocycles. The second kappa shape index (κ2) is 4.66. The first kappa shape index (κ1) is 12.7. The fourth-order valence-corrected chi connectivity index (χ4v) is 4.38. The van der Waals surface area contributed by atoms with Gasteiger partial charge in [0, 0.05) is 0 Å². The van der Waals surface area contributed by atoms with Gasteiger partial charge >= 0.3 is 0 Å². The number of ether oxygens (including phenoxy) is 1. The first-order valence-electron chi connectivity index (χ1n) is 5.74. The van der Waals surface area contributed by atoms with Gasteiger partial charge in [-0.1, -0.05) is 0 Å². The Hall–Kier alpha value is -1.31. The molecule has 1 unspecified atom stereocenters. The minimum atomic E-state index is -1.10. The lowest BCUT2D eigenvalue weighted by Gasteiger charge is -2.12. The van der Waals surface area contributed by atoms with Crippen LogP contribution < -0.4 is 10.7 Å². The van der Waals surface area contributed by atoms with Crippen LogP contribution in [0.25, 0.3) is 10.8 Å². The van der Waals surface area contributed by atoms with Gasteiger partial charge in [0.15, 0.2) is 10.8 Å². The van der Waals surface area contributed by atoms with Crippen molar-refractivity contribution in [3.8, 4) is 0 Å². The van der Waals surface area contributed by atoms with E-state index in [-0.39, 0.29) is 6.61 Å². The number of hydrogen-bond donors (Lipinski definition) is 4. The summed E-state index contributed by atoms with van der Waals surface area (Å²) in [6.07, 6.45) is -1.49. The SMILES string of the molecule is Nc1nc[nH+]c2c1ncp2[C@@H]1O[C@H](CO)[C@@H](O)[C@H]1O. The van der Waals surface area contributed by atoms with E-state index in [9.17, 15) is 10.2 Å². The number of nitrogens with two attached hydrogens (primary N) is 1. The summed E-state index contributed by atoms with van der Waals surface area (Å²) in [6.45, 7) is -0.343. The van der Waals surface area contributed by atoms with Crippen molar-refractivity contribution in [3.05, 3.63) is 12.3 Å². The highest BCUT2D eigenvalue weighted by Gasteiger charge is 2.44. The number of H-pyrrole nitrogens is 1. The molecule has 3 rings (SSSR count). The zero-order valence-electron chi connectivity index (χ0n) is 9.84. The predicted octanol–water partition coefficient (Wildman–Crippen LogP) is -1.38. The smallest absolute Gasteiger partial charge is 0.287 e. The molecule has 9 heteroatoms. The van der Waals surface area contributed by atoms with Gasteiger partial charge in [-0.2, -0.15) is 0 Å². The number of hydrogen-bond acceptors (Lipinski definition) is 7. The monoisotopic (exact) mass is 285 g/mol. The van der Waals surface area contributed by atoms with Gasteiger partial charge < -0.3 is 25.8 Å². The number of aliphatic hydroxyl groups is 3. The van der Waals surface area contributed by atoms with Crippen molar-refractivity contribution in [2.75, 3.05) is 12.3 Å². The van der Waals surface area contributed by atoms with E-state index in [1.807, 2.05) is 0 Å². The summed E-state index contributed by atoms with van der Waals surface area (Å²) in [4.78, 5) is 11.1. The average molecular weight is 285 g/mol. The van der Waals surface area contributed by atoms with Crippen LogP contribution in [0.4, 0.5) is 5.82 Å². The van der Waals surface area contributed by atoms with Crippen molar-refractivity contribution in [1.29, 1.82) is 0 Å². The quantitative estimate of drug-likeness (QED) is 0.534. The molecule has 3 heterocycles. The minimum absolute atomic E-state index is 0.307. The van der Waals surface area contributed by atoms with Crippen molar-refractivity contribution in [3.63, 3.8) is 0 Å². The van der Waals surface area contributed by atoms with E-state index in [2.05, 4.69) is 15.0 Å². The lowest BCUT2D eigenvalue weighted by molar-refractivity contribution is -0.346. The lowest BCUT2D eigenvalue weighted by atomic mass is 10.2. The molecule has 8 nitrogen and oxygen atoms in total. The molecule has 1 fully saturated rings. The number of nitrogen functional groups attached to an aromatic ring is 1. The fraction of sp³-hybridized carbons (Fsp3) is 0.500. The lowest BCUT2D eigenvalue weighted by Crippen LogP contribution is -2.32. The van der Waals surface area contributed by atoms with Crippen molar-refractivity contribution in [2.24, 2.45) is 0 Å². The summed E-state index contributed by atoms with van der Waals surface area (Å²) in [6, 6.07) is 0. The first-order chi connectivity index (χ1) is 9.13. The zero-order chi connectivity index (χ0) is 13.6. The summed E-state index contributed by atoms with van der Waals surface area (Å²) >= 11 is 0. The van der Waals surface area contributed by atoms with Crippen molar-refractivity contribution < 1.29 is 25.0 Å². The van der Waals surface area contributed by atoms with E-state index < -0.39 is 31.7 Å². The Morgan fingerprint density at radius 3 is 2.84 bits per heavy atom. The van der Waals surface area contributed by atoms with Crippen molar-refractivity contribution in [1.82, 2.24) is 9.97 Å². The molecule has 0 amide bonds. The highest BCUT2D eigenvalue weighted by molar-refractivity contribution is 7.54. The number of nitrogens with one attached hydrogen (secondary N) is 1. The summed E-state index contributed by atoms with van der Waals surface area (Å²) in [7, 11) is -1.09. The van der Waals surface area contributed by atoms with Gasteiger partial charge in [-0.05, 0) is 12.5 Å². The largest absolute Gasteiger partial charge is 0.394 e. The molecule has 19 heavy (non-hydrogen) atoms. The molecule has 0 saturated carbocycles. The maximum atomic E-state index is 10.0.